The summed E-state index contributed by atoms with van der Waals surface area (Å²) in [7, 11) is 3.29. The van der Waals surface area contributed by atoms with E-state index in [0.717, 1.165) is 23.5 Å². The summed E-state index contributed by atoms with van der Waals surface area (Å²) in [4.78, 5) is 3.87. The predicted molar refractivity (Wildman–Crippen MR) is 63.1 cm³/mol. The highest BCUT2D eigenvalue weighted by atomic mass is 32.1. The highest BCUT2D eigenvalue weighted by molar-refractivity contribution is 7.78. The molecule has 0 aliphatic heterocycles. The maximum atomic E-state index is 5.23. The van der Waals surface area contributed by atoms with Crippen LogP contribution in [0.5, 0.6) is 11.5 Å². The minimum atomic E-state index is 0.618. The van der Waals surface area contributed by atoms with Gasteiger partial charge in [-0.1, -0.05) is 0 Å². The first-order chi connectivity index (χ1) is 7.31. The molecule has 0 amide bonds. The first kappa shape index (κ1) is 11.7. The molecule has 0 aromatic heterocycles. The van der Waals surface area contributed by atoms with Crippen molar-refractivity contribution < 1.29 is 9.47 Å². The van der Waals surface area contributed by atoms with Crippen molar-refractivity contribution in [3.63, 3.8) is 0 Å². The number of isothiocyanates is 1. The van der Waals surface area contributed by atoms with Gasteiger partial charge in [0.25, 0.3) is 0 Å². The van der Waals surface area contributed by atoms with Crippen LogP contribution in [-0.4, -0.2) is 25.9 Å². The van der Waals surface area contributed by atoms with E-state index in [1.165, 1.54) is 0 Å². The Kier molecular flexibility index (Phi) is 4.81. The van der Waals surface area contributed by atoms with Crippen LogP contribution < -0.4 is 9.47 Å². The summed E-state index contributed by atoms with van der Waals surface area (Å²) in [5.74, 6) is 1.66. The van der Waals surface area contributed by atoms with Crippen molar-refractivity contribution in [1.82, 2.24) is 0 Å². The van der Waals surface area contributed by atoms with Gasteiger partial charge in [-0.05, 0) is 42.4 Å². The third-order valence-corrected chi connectivity index (χ3v) is 2.17. The minimum Gasteiger partial charge on any atom is -0.497 e. The quantitative estimate of drug-likeness (QED) is 0.567. The molecule has 0 spiro atoms. The van der Waals surface area contributed by atoms with E-state index in [1.807, 2.05) is 18.2 Å². The fourth-order valence-corrected chi connectivity index (χ4v) is 1.39. The van der Waals surface area contributed by atoms with Crippen LogP contribution in [0.4, 0.5) is 0 Å². The molecule has 0 saturated heterocycles. The third-order valence-electron chi connectivity index (χ3n) is 2.05. The Hall–Kier alpha value is -1.38. The van der Waals surface area contributed by atoms with Crippen molar-refractivity contribution >= 4 is 17.4 Å². The van der Waals surface area contributed by atoms with Crippen LogP contribution in [0.2, 0.25) is 0 Å². The Balaban J connectivity index is 2.85. The molecule has 0 radical (unpaired) electrons. The Morgan fingerprint density at radius 3 is 2.73 bits per heavy atom. The van der Waals surface area contributed by atoms with Gasteiger partial charge in [-0.2, -0.15) is 0 Å². The highest BCUT2D eigenvalue weighted by Gasteiger charge is 2.03. The summed E-state index contributed by atoms with van der Waals surface area (Å²) < 4.78 is 10.4. The molecule has 0 atom stereocenters. The Morgan fingerprint density at radius 1 is 1.33 bits per heavy atom. The smallest absolute Gasteiger partial charge is 0.122 e. The van der Waals surface area contributed by atoms with Crippen molar-refractivity contribution in [3.05, 3.63) is 23.8 Å². The van der Waals surface area contributed by atoms with Crippen LogP contribution in [0.25, 0.3) is 0 Å². The maximum absolute atomic E-state index is 5.23. The lowest BCUT2D eigenvalue weighted by Crippen LogP contribution is -1.96. The van der Waals surface area contributed by atoms with E-state index in [1.54, 1.807) is 14.2 Å². The first-order valence-electron chi connectivity index (χ1n) is 4.56. The second kappa shape index (κ2) is 6.17. The lowest BCUT2D eigenvalue weighted by molar-refractivity contribution is 0.399. The molecular formula is C11H13NO2S. The molecule has 15 heavy (non-hydrogen) atoms. The van der Waals surface area contributed by atoms with E-state index in [4.69, 9.17) is 9.47 Å². The van der Waals surface area contributed by atoms with Gasteiger partial charge < -0.3 is 9.47 Å². The number of ether oxygens (including phenoxy) is 2. The Morgan fingerprint density at radius 2 is 2.13 bits per heavy atom. The summed E-state index contributed by atoms with van der Waals surface area (Å²) in [5.41, 5.74) is 1.06. The van der Waals surface area contributed by atoms with Crippen LogP contribution in [0.3, 0.4) is 0 Å². The molecule has 0 unspecified atom stereocenters. The van der Waals surface area contributed by atoms with E-state index < -0.39 is 0 Å². The molecule has 0 heterocycles. The average molecular weight is 223 g/mol. The maximum Gasteiger partial charge on any atom is 0.122 e. The van der Waals surface area contributed by atoms with Gasteiger partial charge in [-0.25, -0.2) is 4.99 Å². The molecule has 0 aliphatic rings. The zero-order valence-corrected chi connectivity index (χ0v) is 9.63. The van der Waals surface area contributed by atoms with Crippen LogP contribution in [0, 0.1) is 0 Å². The number of rotatable bonds is 5. The van der Waals surface area contributed by atoms with Gasteiger partial charge in [0.05, 0.1) is 25.9 Å². The zero-order valence-electron chi connectivity index (χ0n) is 8.82. The topological polar surface area (TPSA) is 30.8 Å². The molecule has 0 saturated carbocycles. The molecule has 1 rings (SSSR count). The monoisotopic (exact) mass is 223 g/mol. The van der Waals surface area contributed by atoms with Gasteiger partial charge in [-0.3, -0.25) is 0 Å². The van der Waals surface area contributed by atoms with Crippen LogP contribution >= 0.6 is 12.2 Å². The number of aliphatic imine (C=N–C) groups is 1. The summed E-state index contributed by atoms with van der Waals surface area (Å²) in [5, 5.41) is 2.34. The standard InChI is InChI=1S/C11H13NO2S/c1-13-10-3-4-11(14-2)9(7-10)5-6-12-8-15/h3-4,7H,5-6H2,1-2H3. The summed E-state index contributed by atoms with van der Waals surface area (Å²) in [6.45, 7) is 0.618. The zero-order chi connectivity index (χ0) is 11.1. The fraction of sp³-hybridized carbons (Fsp3) is 0.364. The molecule has 0 aliphatic carbocycles. The molecular weight excluding hydrogens is 210 g/mol. The number of benzene rings is 1. The van der Waals surface area contributed by atoms with Crippen molar-refractivity contribution in [3.8, 4) is 11.5 Å². The van der Waals surface area contributed by atoms with Gasteiger partial charge in [-0.15, -0.1) is 0 Å². The van der Waals surface area contributed by atoms with Crippen molar-refractivity contribution in [2.45, 2.75) is 6.42 Å². The number of hydrogen-bond donors (Lipinski definition) is 0. The molecule has 1 aromatic rings. The van der Waals surface area contributed by atoms with Gasteiger partial charge in [0.1, 0.15) is 11.5 Å². The van der Waals surface area contributed by atoms with E-state index in [9.17, 15) is 0 Å². The second-order valence-electron chi connectivity index (χ2n) is 2.90. The number of thiocarbonyl (C=S) groups is 1. The van der Waals surface area contributed by atoms with Gasteiger partial charge >= 0.3 is 0 Å². The summed E-state index contributed by atoms with van der Waals surface area (Å²) in [6, 6.07) is 5.69. The van der Waals surface area contributed by atoms with Crippen molar-refractivity contribution in [2.75, 3.05) is 20.8 Å². The Labute approximate surface area is 94.7 Å². The number of hydrogen-bond acceptors (Lipinski definition) is 4. The minimum absolute atomic E-state index is 0.618. The Bertz CT molecular complexity index is 373. The van der Waals surface area contributed by atoms with Crippen LogP contribution in [0.15, 0.2) is 23.2 Å². The van der Waals surface area contributed by atoms with Gasteiger partial charge in [0.15, 0.2) is 0 Å². The number of methoxy groups -OCH3 is 2. The van der Waals surface area contributed by atoms with E-state index in [0.29, 0.717) is 6.54 Å². The molecule has 4 heteroatoms. The first-order valence-corrected chi connectivity index (χ1v) is 4.97. The molecule has 3 nitrogen and oxygen atoms in total. The number of nitrogens with zero attached hydrogens (tertiary/aromatic N) is 1. The normalized spacial score (nSPS) is 9.20. The second-order valence-corrected chi connectivity index (χ2v) is 3.08. The lowest BCUT2D eigenvalue weighted by Gasteiger charge is -2.08. The van der Waals surface area contributed by atoms with Crippen LogP contribution in [0.1, 0.15) is 5.56 Å². The van der Waals surface area contributed by atoms with Gasteiger partial charge in [0.2, 0.25) is 0 Å². The fourth-order valence-electron chi connectivity index (χ4n) is 1.30. The highest BCUT2D eigenvalue weighted by Crippen LogP contribution is 2.24. The summed E-state index contributed by atoms with van der Waals surface area (Å²) >= 11 is 4.50. The lowest BCUT2D eigenvalue weighted by atomic mass is 10.1. The van der Waals surface area contributed by atoms with Gasteiger partial charge in [0, 0.05) is 0 Å². The average Bonchev–Trinajstić information content (AvgIpc) is 2.29. The molecule has 0 N–H and O–H groups in total. The summed E-state index contributed by atoms with van der Waals surface area (Å²) in [6.07, 6.45) is 0.768. The van der Waals surface area contributed by atoms with Crippen molar-refractivity contribution in [1.29, 1.82) is 0 Å². The predicted octanol–water partition coefficient (Wildman–Crippen LogP) is 2.35. The molecule has 1 aromatic carbocycles. The van der Waals surface area contributed by atoms with E-state index in [-0.39, 0.29) is 0 Å². The SMILES string of the molecule is COc1ccc(OC)c(CCN=C=S)c1. The third kappa shape index (κ3) is 3.35. The molecule has 0 fully saturated rings. The molecule has 0 bridgehead atoms. The molecule has 80 valence electrons. The largest absolute Gasteiger partial charge is 0.497 e. The van der Waals surface area contributed by atoms with Crippen LogP contribution in [-0.2, 0) is 6.42 Å². The van der Waals surface area contributed by atoms with E-state index >= 15 is 0 Å². The van der Waals surface area contributed by atoms with E-state index in [2.05, 4.69) is 22.4 Å². The van der Waals surface area contributed by atoms with Crippen molar-refractivity contribution in [2.24, 2.45) is 4.99 Å².